The molecule has 1 aromatic carbocycles. The van der Waals surface area contributed by atoms with Gasteiger partial charge < -0.3 is 19.4 Å². The number of halogens is 2. The summed E-state index contributed by atoms with van der Waals surface area (Å²) in [7, 11) is 0. The number of carbonyl (C=O) groups excluding carboxylic acids is 3. The number of likely N-dealkylation sites (tertiary alicyclic amines) is 1. The zero-order chi connectivity index (χ0) is 23.4. The lowest BCUT2D eigenvalue weighted by Crippen LogP contribution is -2.53. The fourth-order valence-corrected chi connectivity index (χ4v) is 4.98. The summed E-state index contributed by atoms with van der Waals surface area (Å²) in [4.78, 5) is 44.1. The number of para-hydroxylation sites is 1. The summed E-state index contributed by atoms with van der Waals surface area (Å²) in [6.07, 6.45) is 1.24. The van der Waals surface area contributed by atoms with E-state index in [9.17, 15) is 23.2 Å². The second-order valence-electron chi connectivity index (χ2n) is 8.04. The maximum atomic E-state index is 13.0. The largest absolute Gasteiger partial charge is 0.434 e. The first-order valence-electron chi connectivity index (χ1n) is 10.9. The Labute approximate surface area is 194 Å². The molecule has 1 aromatic heterocycles. The minimum atomic E-state index is -3.01. The molecule has 2 fully saturated rings. The van der Waals surface area contributed by atoms with Crippen LogP contribution >= 0.6 is 11.3 Å². The fraction of sp³-hybridized carbons (Fsp3) is 0.435. The monoisotopic (exact) mass is 477 g/mol. The molecule has 33 heavy (non-hydrogen) atoms. The summed E-state index contributed by atoms with van der Waals surface area (Å²) >= 11 is 1.42. The van der Waals surface area contributed by atoms with Crippen molar-refractivity contribution in [1.29, 1.82) is 0 Å². The third kappa shape index (κ3) is 5.32. The Morgan fingerprint density at radius 1 is 0.848 bits per heavy atom. The molecule has 4 rings (SSSR count). The number of rotatable bonds is 5. The molecule has 0 radical (unpaired) electrons. The summed E-state index contributed by atoms with van der Waals surface area (Å²) in [6.45, 7) is -0.500. The van der Waals surface area contributed by atoms with Gasteiger partial charge in [0.1, 0.15) is 5.75 Å². The van der Waals surface area contributed by atoms with E-state index in [1.807, 2.05) is 17.5 Å². The van der Waals surface area contributed by atoms with Crippen LogP contribution in [0.5, 0.6) is 5.75 Å². The second-order valence-corrected chi connectivity index (χ2v) is 8.98. The SMILES string of the molecule is O=C(c1cccs1)N1CCC(C(=O)N2CCN(C(=O)c3ccccc3OC(F)F)CC2)CC1. The molecule has 10 heteroatoms. The maximum Gasteiger partial charge on any atom is 0.387 e. The summed E-state index contributed by atoms with van der Waals surface area (Å²) < 4.78 is 29.8. The highest BCUT2D eigenvalue weighted by atomic mass is 32.1. The highest BCUT2D eigenvalue weighted by molar-refractivity contribution is 7.12. The first-order valence-corrected chi connectivity index (χ1v) is 11.8. The normalized spacial score (nSPS) is 17.4. The Balaban J connectivity index is 1.28. The van der Waals surface area contributed by atoms with Gasteiger partial charge in [0.05, 0.1) is 10.4 Å². The molecule has 7 nitrogen and oxygen atoms in total. The van der Waals surface area contributed by atoms with E-state index in [1.54, 1.807) is 20.8 Å². The van der Waals surface area contributed by atoms with E-state index in [-0.39, 0.29) is 29.0 Å². The van der Waals surface area contributed by atoms with Crippen molar-refractivity contribution in [3.05, 3.63) is 52.2 Å². The van der Waals surface area contributed by atoms with Gasteiger partial charge in [-0.2, -0.15) is 8.78 Å². The molecule has 2 aliphatic heterocycles. The first kappa shape index (κ1) is 23.2. The van der Waals surface area contributed by atoms with Crippen molar-refractivity contribution in [1.82, 2.24) is 14.7 Å². The lowest BCUT2D eigenvalue weighted by molar-refractivity contribution is -0.138. The molecule has 0 atom stereocenters. The van der Waals surface area contributed by atoms with Gasteiger partial charge in [0.25, 0.3) is 11.8 Å². The molecule has 2 aromatic rings. The first-order chi connectivity index (χ1) is 15.9. The molecule has 3 amide bonds. The van der Waals surface area contributed by atoms with Crippen LogP contribution in [0.3, 0.4) is 0 Å². The molecule has 0 N–H and O–H groups in total. The molecule has 176 valence electrons. The number of piperazine rings is 1. The summed E-state index contributed by atoms with van der Waals surface area (Å²) in [5.41, 5.74) is 0.0837. The third-order valence-corrected chi connectivity index (χ3v) is 6.93. The number of alkyl halides is 2. The molecule has 0 unspecified atom stereocenters. The van der Waals surface area contributed by atoms with Crippen molar-refractivity contribution in [3.63, 3.8) is 0 Å². The molecule has 3 heterocycles. The fourth-order valence-electron chi connectivity index (χ4n) is 4.29. The average Bonchev–Trinajstić information content (AvgIpc) is 3.38. The van der Waals surface area contributed by atoms with E-state index >= 15 is 0 Å². The molecular weight excluding hydrogens is 452 g/mol. The van der Waals surface area contributed by atoms with Gasteiger partial charge in [-0.3, -0.25) is 14.4 Å². The number of thiophene rings is 1. The highest BCUT2D eigenvalue weighted by Crippen LogP contribution is 2.25. The van der Waals surface area contributed by atoms with Gasteiger partial charge in [-0.25, -0.2) is 0 Å². The molecule has 2 aliphatic rings. The Bertz CT molecular complexity index is 985. The molecule has 0 aliphatic carbocycles. The number of benzene rings is 1. The Morgan fingerprint density at radius 3 is 2.12 bits per heavy atom. The van der Waals surface area contributed by atoms with Crippen molar-refractivity contribution >= 4 is 29.1 Å². The van der Waals surface area contributed by atoms with E-state index in [0.29, 0.717) is 57.0 Å². The van der Waals surface area contributed by atoms with Crippen LogP contribution in [0, 0.1) is 5.92 Å². The summed E-state index contributed by atoms with van der Waals surface area (Å²) in [5, 5.41) is 1.87. The van der Waals surface area contributed by atoms with Crippen molar-refractivity contribution in [3.8, 4) is 5.75 Å². The van der Waals surface area contributed by atoms with Gasteiger partial charge >= 0.3 is 6.61 Å². The quantitative estimate of drug-likeness (QED) is 0.663. The van der Waals surface area contributed by atoms with Crippen LogP contribution in [0.15, 0.2) is 41.8 Å². The van der Waals surface area contributed by atoms with Gasteiger partial charge in [-0.1, -0.05) is 18.2 Å². The van der Waals surface area contributed by atoms with Gasteiger partial charge in [0.2, 0.25) is 5.91 Å². The standard InChI is InChI=1S/C23H25F2N3O4S/c24-23(25)32-18-5-2-1-4-17(18)21(30)28-13-11-27(12-14-28)20(29)16-7-9-26(10-8-16)22(31)19-6-3-15-33-19/h1-6,15-16,23H,7-14H2. The Morgan fingerprint density at radius 2 is 1.48 bits per heavy atom. The van der Waals surface area contributed by atoms with E-state index in [1.165, 1.54) is 29.5 Å². The Kier molecular flexibility index (Phi) is 7.22. The van der Waals surface area contributed by atoms with Crippen LogP contribution in [0.25, 0.3) is 0 Å². The Hall–Kier alpha value is -3.01. The van der Waals surface area contributed by atoms with Crippen LogP contribution < -0.4 is 4.74 Å². The van der Waals surface area contributed by atoms with Gasteiger partial charge in [0, 0.05) is 45.2 Å². The number of piperidine rings is 1. The van der Waals surface area contributed by atoms with Gasteiger partial charge in [-0.05, 0) is 36.4 Å². The van der Waals surface area contributed by atoms with Gasteiger partial charge in [0.15, 0.2) is 0 Å². The number of amides is 3. The van der Waals surface area contributed by atoms with Crippen LogP contribution in [-0.4, -0.2) is 78.3 Å². The molecular formula is C23H25F2N3O4S. The molecule has 2 saturated heterocycles. The predicted octanol–water partition coefficient (Wildman–Crippen LogP) is 3.19. The lowest BCUT2D eigenvalue weighted by Gasteiger charge is -2.38. The van der Waals surface area contributed by atoms with E-state index in [2.05, 4.69) is 4.74 Å². The zero-order valence-corrected chi connectivity index (χ0v) is 18.8. The lowest BCUT2D eigenvalue weighted by atomic mass is 9.94. The van der Waals surface area contributed by atoms with E-state index < -0.39 is 12.5 Å². The highest BCUT2D eigenvalue weighted by Gasteiger charge is 2.33. The minimum Gasteiger partial charge on any atom is -0.434 e. The predicted molar refractivity (Wildman–Crippen MR) is 119 cm³/mol. The smallest absolute Gasteiger partial charge is 0.387 e. The zero-order valence-electron chi connectivity index (χ0n) is 18.0. The molecule has 0 spiro atoms. The topological polar surface area (TPSA) is 70.2 Å². The van der Waals surface area contributed by atoms with Crippen molar-refractivity contribution in [2.45, 2.75) is 19.5 Å². The number of carbonyl (C=O) groups is 3. The van der Waals surface area contributed by atoms with Crippen molar-refractivity contribution in [2.75, 3.05) is 39.3 Å². The summed E-state index contributed by atoms with van der Waals surface area (Å²) in [5.74, 6) is -0.621. The number of hydrogen-bond acceptors (Lipinski definition) is 5. The number of nitrogens with zero attached hydrogens (tertiary/aromatic N) is 3. The van der Waals surface area contributed by atoms with Gasteiger partial charge in [-0.15, -0.1) is 11.3 Å². The van der Waals surface area contributed by atoms with Crippen LogP contribution in [0.2, 0.25) is 0 Å². The van der Waals surface area contributed by atoms with Crippen molar-refractivity contribution < 1.29 is 27.9 Å². The van der Waals surface area contributed by atoms with Crippen LogP contribution in [-0.2, 0) is 4.79 Å². The second kappa shape index (κ2) is 10.3. The van der Waals surface area contributed by atoms with Crippen LogP contribution in [0.4, 0.5) is 8.78 Å². The number of ether oxygens (including phenoxy) is 1. The minimum absolute atomic E-state index is 0.0131. The number of hydrogen-bond donors (Lipinski definition) is 0. The summed E-state index contributed by atoms with van der Waals surface area (Å²) in [6, 6.07) is 9.59. The third-order valence-electron chi connectivity index (χ3n) is 6.08. The van der Waals surface area contributed by atoms with E-state index in [4.69, 9.17) is 0 Å². The van der Waals surface area contributed by atoms with E-state index in [0.717, 1.165) is 0 Å². The van der Waals surface area contributed by atoms with Crippen LogP contribution in [0.1, 0.15) is 32.9 Å². The van der Waals surface area contributed by atoms with Crippen molar-refractivity contribution in [2.24, 2.45) is 5.92 Å². The molecule has 0 saturated carbocycles. The average molecular weight is 478 g/mol. The molecule has 0 bridgehead atoms. The maximum absolute atomic E-state index is 13.0.